The normalized spacial score (nSPS) is 15.4. The maximum atomic E-state index is 14.0. The van der Waals surface area contributed by atoms with E-state index in [0.717, 1.165) is 23.6 Å². The molecule has 176 valence electrons. The molecule has 0 atom stereocenters. The lowest BCUT2D eigenvalue weighted by molar-refractivity contribution is 0.246. The van der Waals surface area contributed by atoms with Gasteiger partial charge in [0.25, 0.3) is 0 Å². The van der Waals surface area contributed by atoms with Crippen molar-refractivity contribution < 1.29 is 17.2 Å². The molecule has 1 saturated heterocycles. The van der Waals surface area contributed by atoms with E-state index in [9.17, 15) is 17.2 Å². The van der Waals surface area contributed by atoms with Crippen molar-refractivity contribution in [1.82, 2.24) is 24.9 Å². The second kappa shape index (κ2) is 9.52. The minimum atomic E-state index is -3.22. The second-order valence-electron chi connectivity index (χ2n) is 8.33. The first-order valence-electron chi connectivity index (χ1n) is 10.7. The van der Waals surface area contributed by atoms with Crippen LogP contribution in [0.2, 0.25) is 0 Å². The Bertz CT molecular complexity index is 1200. The average molecular weight is 477 g/mol. The highest BCUT2D eigenvalue weighted by molar-refractivity contribution is 7.91. The van der Waals surface area contributed by atoms with E-state index < -0.39 is 26.7 Å². The minimum Gasteiger partial charge on any atom is -0.354 e. The molecule has 8 nitrogen and oxygen atoms in total. The Labute approximate surface area is 191 Å². The van der Waals surface area contributed by atoms with Gasteiger partial charge in [-0.2, -0.15) is 0 Å². The molecule has 0 aliphatic carbocycles. The van der Waals surface area contributed by atoms with Gasteiger partial charge < -0.3 is 4.90 Å². The first kappa shape index (κ1) is 23.2. The molecule has 0 amide bonds. The van der Waals surface area contributed by atoms with E-state index in [4.69, 9.17) is 0 Å². The molecule has 0 bridgehead atoms. The molecule has 1 aliphatic heterocycles. The summed E-state index contributed by atoms with van der Waals surface area (Å²) in [4.78, 5) is 8.85. The molecule has 33 heavy (non-hydrogen) atoms. The number of nitrogens with zero attached hydrogens (tertiary/aromatic N) is 6. The lowest BCUT2D eigenvalue weighted by atomic mass is 10.2. The van der Waals surface area contributed by atoms with Gasteiger partial charge >= 0.3 is 0 Å². The average Bonchev–Trinajstić information content (AvgIpc) is 3.22. The van der Waals surface area contributed by atoms with Crippen LogP contribution in [0.3, 0.4) is 0 Å². The number of anilines is 1. The first-order valence-corrected chi connectivity index (χ1v) is 12.4. The summed E-state index contributed by atoms with van der Waals surface area (Å²) in [6, 6.07) is 9.12. The summed E-state index contributed by atoms with van der Waals surface area (Å²) in [6.07, 6.45) is 1.54. The van der Waals surface area contributed by atoms with Gasteiger partial charge in [-0.15, -0.1) is 5.10 Å². The molecular formula is C22H26F2N6O2S. The monoisotopic (exact) mass is 476 g/mol. The number of aromatic nitrogens is 4. The van der Waals surface area contributed by atoms with Crippen molar-refractivity contribution in [1.29, 1.82) is 0 Å². The molecular weight excluding hydrogens is 450 g/mol. The van der Waals surface area contributed by atoms with Crippen LogP contribution in [0.4, 0.5) is 14.6 Å². The van der Waals surface area contributed by atoms with Crippen LogP contribution in [-0.2, 0) is 22.1 Å². The van der Waals surface area contributed by atoms with Crippen molar-refractivity contribution in [3.8, 4) is 5.69 Å². The van der Waals surface area contributed by atoms with Crippen LogP contribution < -0.4 is 4.90 Å². The van der Waals surface area contributed by atoms with E-state index >= 15 is 0 Å². The number of piperazine rings is 1. The zero-order valence-electron chi connectivity index (χ0n) is 18.5. The molecule has 3 aromatic rings. The van der Waals surface area contributed by atoms with Crippen LogP contribution in [0, 0.1) is 11.6 Å². The van der Waals surface area contributed by atoms with E-state index in [2.05, 4.69) is 25.1 Å². The van der Waals surface area contributed by atoms with Gasteiger partial charge in [0.05, 0.1) is 28.6 Å². The van der Waals surface area contributed by atoms with Gasteiger partial charge in [0.15, 0.2) is 21.5 Å². The summed E-state index contributed by atoms with van der Waals surface area (Å²) in [5.74, 6) is -0.712. The second-order valence-corrected chi connectivity index (χ2v) is 10.9. The molecule has 0 radical (unpaired) electrons. The van der Waals surface area contributed by atoms with Crippen LogP contribution in [0.1, 0.15) is 25.2 Å². The predicted molar refractivity (Wildman–Crippen MR) is 121 cm³/mol. The van der Waals surface area contributed by atoms with Crippen molar-refractivity contribution >= 4 is 15.7 Å². The number of benzene rings is 1. The van der Waals surface area contributed by atoms with Gasteiger partial charge in [-0.3, -0.25) is 4.90 Å². The van der Waals surface area contributed by atoms with E-state index in [1.165, 1.54) is 24.4 Å². The smallest absolute Gasteiger partial charge is 0.158 e. The fourth-order valence-corrected chi connectivity index (χ4v) is 4.55. The van der Waals surface area contributed by atoms with Gasteiger partial charge in [0.2, 0.25) is 0 Å². The molecule has 2 aromatic heterocycles. The predicted octanol–water partition coefficient (Wildman–Crippen LogP) is 2.59. The number of pyridine rings is 1. The van der Waals surface area contributed by atoms with E-state index in [0.29, 0.717) is 31.0 Å². The maximum Gasteiger partial charge on any atom is 0.158 e. The largest absolute Gasteiger partial charge is 0.354 e. The molecule has 0 unspecified atom stereocenters. The van der Waals surface area contributed by atoms with Crippen LogP contribution in [-0.4, -0.2) is 64.7 Å². The Morgan fingerprint density at radius 2 is 1.64 bits per heavy atom. The lowest BCUT2D eigenvalue weighted by Crippen LogP contribution is -2.46. The highest BCUT2D eigenvalue weighted by atomic mass is 32.2. The Morgan fingerprint density at radius 1 is 0.970 bits per heavy atom. The van der Waals surface area contributed by atoms with Gasteiger partial charge in [0.1, 0.15) is 11.5 Å². The highest BCUT2D eigenvalue weighted by Gasteiger charge is 2.22. The molecule has 1 aliphatic rings. The van der Waals surface area contributed by atoms with Gasteiger partial charge in [0, 0.05) is 32.7 Å². The number of para-hydroxylation sites is 1. The van der Waals surface area contributed by atoms with Crippen molar-refractivity contribution in [2.24, 2.45) is 0 Å². The molecule has 4 rings (SSSR count). The number of hydrogen-bond acceptors (Lipinski definition) is 7. The number of rotatable bonds is 7. The van der Waals surface area contributed by atoms with E-state index in [1.807, 2.05) is 12.1 Å². The quantitative estimate of drug-likeness (QED) is 0.518. The van der Waals surface area contributed by atoms with E-state index in [1.54, 1.807) is 19.9 Å². The summed E-state index contributed by atoms with van der Waals surface area (Å²) < 4.78 is 53.5. The fourth-order valence-electron chi connectivity index (χ4n) is 3.65. The van der Waals surface area contributed by atoms with E-state index in [-0.39, 0.29) is 11.4 Å². The van der Waals surface area contributed by atoms with Crippen molar-refractivity contribution in [3.63, 3.8) is 0 Å². The molecule has 1 fully saturated rings. The van der Waals surface area contributed by atoms with Gasteiger partial charge in [-0.1, -0.05) is 17.3 Å². The van der Waals surface area contributed by atoms with Crippen LogP contribution >= 0.6 is 0 Å². The minimum absolute atomic E-state index is 0.0727. The summed E-state index contributed by atoms with van der Waals surface area (Å²) in [5, 5.41) is 7.49. The first-order chi connectivity index (χ1) is 15.7. The van der Waals surface area contributed by atoms with Crippen molar-refractivity contribution in [2.45, 2.75) is 31.4 Å². The Morgan fingerprint density at radius 3 is 2.30 bits per heavy atom. The van der Waals surface area contributed by atoms with Crippen LogP contribution in [0.25, 0.3) is 5.69 Å². The molecule has 3 heterocycles. The third-order valence-corrected chi connectivity index (χ3v) is 7.78. The Hall–Kier alpha value is -2.92. The number of sulfone groups is 1. The highest BCUT2D eigenvalue weighted by Crippen LogP contribution is 2.19. The molecule has 0 N–H and O–H groups in total. The standard InChI is InChI=1S/C22H26F2N6O2S/c1-16(2)33(31,32)15-17-5-3-8-21(25-17)29-11-9-28(10-12-29)13-18-14-30(27-26-18)22-19(23)6-4-7-20(22)24/h3-8,14,16H,9-13,15H2,1-2H3. The lowest BCUT2D eigenvalue weighted by Gasteiger charge is -2.35. The van der Waals surface area contributed by atoms with Crippen LogP contribution in [0.15, 0.2) is 42.6 Å². The zero-order chi connectivity index (χ0) is 23.6. The molecule has 1 aromatic carbocycles. The fraction of sp³-hybridized carbons (Fsp3) is 0.409. The summed E-state index contributed by atoms with van der Waals surface area (Å²) in [7, 11) is -3.22. The third-order valence-electron chi connectivity index (χ3n) is 5.65. The Kier molecular flexibility index (Phi) is 6.71. The third kappa shape index (κ3) is 5.36. The van der Waals surface area contributed by atoms with Gasteiger partial charge in [-0.25, -0.2) is 26.9 Å². The summed E-state index contributed by atoms with van der Waals surface area (Å²) in [6.45, 7) is 6.73. The SMILES string of the molecule is CC(C)S(=O)(=O)Cc1cccc(N2CCN(Cc3cn(-c4c(F)cccc4F)nn3)CC2)n1. The molecule has 0 spiro atoms. The molecule has 0 saturated carbocycles. The zero-order valence-corrected chi connectivity index (χ0v) is 19.3. The van der Waals surface area contributed by atoms with Crippen molar-refractivity contribution in [3.05, 3.63) is 65.6 Å². The Balaban J connectivity index is 1.37. The van der Waals surface area contributed by atoms with Crippen LogP contribution in [0.5, 0.6) is 0 Å². The topological polar surface area (TPSA) is 84.2 Å². The summed E-state index contributed by atoms with van der Waals surface area (Å²) >= 11 is 0. The maximum absolute atomic E-state index is 14.0. The van der Waals surface area contributed by atoms with Gasteiger partial charge in [-0.05, 0) is 38.1 Å². The number of halogens is 2. The van der Waals surface area contributed by atoms with Crippen molar-refractivity contribution in [2.75, 3.05) is 31.1 Å². The summed E-state index contributed by atoms with van der Waals surface area (Å²) in [5.41, 5.74) is 0.914. The molecule has 11 heteroatoms. The number of hydrogen-bond donors (Lipinski definition) is 0.